The highest BCUT2D eigenvalue weighted by molar-refractivity contribution is 6.32. The number of hydrogen-bond donors (Lipinski definition) is 2. The van der Waals surface area contributed by atoms with E-state index >= 15 is 0 Å². The molecule has 1 aromatic rings. The molecule has 0 unspecified atom stereocenters. The molecule has 0 fully saturated rings. The number of aromatic hydroxyl groups is 1. The van der Waals surface area contributed by atoms with Gasteiger partial charge in [-0.3, -0.25) is 0 Å². The molecular formula is C14H16ClNO5. The number of rotatable bonds is 6. The Morgan fingerprint density at radius 1 is 1.24 bits per heavy atom. The van der Waals surface area contributed by atoms with Crippen LogP contribution in [0.1, 0.15) is 13.8 Å². The summed E-state index contributed by atoms with van der Waals surface area (Å²) in [4.78, 5) is 23.4. The zero-order valence-corrected chi connectivity index (χ0v) is 12.4. The van der Waals surface area contributed by atoms with Crippen LogP contribution < -0.4 is 5.32 Å². The average molecular weight is 314 g/mol. The van der Waals surface area contributed by atoms with E-state index < -0.39 is 11.9 Å². The normalized spacial score (nSPS) is 9.67. The van der Waals surface area contributed by atoms with Crippen LogP contribution in [-0.4, -0.2) is 30.3 Å². The molecule has 0 spiro atoms. The monoisotopic (exact) mass is 313 g/mol. The van der Waals surface area contributed by atoms with Crippen molar-refractivity contribution in [3.05, 3.63) is 35.0 Å². The molecule has 0 aliphatic rings. The second-order valence-electron chi connectivity index (χ2n) is 3.78. The fourth-order valence-electron chi connectivity index (χ4n) is 1.40. The van der Waals surface area contributed by atoms with Crippen LogP contribution >= 0.6 is 11.6 Å². The van der Waals surface area contributed by atoms with Gasteiger partial charge in [0.15, 0.2) is 11.3 Å². The second kappa shape index (κ2) is 8.16. The van der Waals surface area contributed by atoms with Gasteiger partial charge in [-0.1, -0.05) is 17.7 Å². The Morgan fingerprint density at radius 3 is 2.33 bits per heavy atom. The molecule has 21 heavy (non-hydrogen) atoms. The number of para-hydroxylation sites is 1. The molecule has 7 heteroatoms. The number of halogens is 1. The van der Waals surface area contributed by atoms with Crippen molar-refractivity contribution in [1.82, 2.24) is 0 Å². The highest BCUT2D eigenvalue weighted by atomic mass is 35.5. The lowest BCUT2D eigenvalue weighted by Gasteiger charge is -2.09. The van der Waals surface area contributed by atoms with Crippen molar-refractivity contribution in [3.63, 3.8) is 0 Å². The maximum absolute atomic E-state index is 11.7. The second-order valence-corrected chi connectivity index (χ2v) is 4.19. The van der Waals surface area contributed by atoms with E-state index in [1.54, 1.807) is 19.9 Å². The van der Waals surface area contributed by atoms with Gasteiger partial charge < -0.3 is 19.9 Å². The van der Waals surface area contributed by atoms with E-state index in [1.165, 1.54) is 12.1 Å². The lowest BCUT2D eigenvalue weighted by Crippen LogP contribution is -2.19. The minimum Gasteiger partial charge on any atom is -0.504 e. The Bertz CT molecular complexity index is 536. The van der Waals surface area contributed by atoms with E-state index in [4.69, 9.17) is 21.1 Å². The molecule has 6 nitrogen and oxygen atoms in total. The summed E-state index contributed by atoms with van der Waals surface area (Å²) in [5.41, 5.74) is -0.0633. The number of carbonyl (C=O) groups is 2. The molecule has 2 N–H and O–H groups in total. The van der Waals surface area contributed by atoms with Crippen molar-refractivity contribution >= 4 is 29.2 Å². The Kier molecular flexibility index (Phi) is 6.55. The van der Waals surface area contributed by atoms with Crippen LogP contribution in [0.15, 0.2) is 30.0 Å². The largest absolute Gasteiger partial charge is 0.504 e. The van der Waals surface area contributed by atoms with Crippen LogP contribution in [0, 0.1) is 0 Å². The van der Waals surface area contributed by atoms with Crippen LogP contribution in [0.4, 0.5) is 5.69 Å². The summed E-state index contributed by atoms with van der Waals surface area (Å²) in [6, 6.07) is 4.64. The highest BCUT2D eigenvalue weighted by Crippen LogP contribution is 2.31. The number of carbonyl (C=O) groups excluding carboxylic acids is 2. The third-order valence-corrected chi connectivity index (χ3v) is 2.65. The predicted octanol–water partition coefficient (Wildman–Crippen LogP) is 2.47. The van der Waals surface area contributed by atoms with Crippen molar-refractivity contribution in [3.8, 4) is 5.75 Å². The lowest BCUT2D eigenvalue weighted by atomic mass is 10.2. The van der Waals surface area contributed by atoms with Gasteiger partial charge in [-0.25, -0.2) is 9.59 Å². The summed E-state index contributed by atoms with van der Waals surface area (Å²) in [6.07, 6.45) is 1.11. The molecule has 0 atom stereocenters. The molecule has 114 valence electrons. The third-order valence-electron chi connectivity index (χ3n) is 2.35. The van der Waals surface area contributed by atoms with E-state index in [-0.39, 0.29) is 35.2 Å². The Morgan fingerprint density at radius 2 is 1.81 bits per heavy atom. The number of ether oxygens (including phenoxy) is 2. The van der Waals surface area contributed by atoms with Crippen LogP contribution in [0.3, 0.4) is 0 Å². The van der Waals surface area contributed by atoms with Crippen molar-refractivity contribution in [2.24, 2.45) is 0 Å². The molecule has 1 aromatic carbocycles. The van der Waals surface area contributed by atoms with Gasteiger partial charge in [0.25, 0.3) is 0 Å². The maximum Gasteiger partial charge on any atom is 0.347 e. The van der Waals surface area contributed by atoms with Crippen LogP contribution in [0.25, 0.3) is 0 Å². The van der Waals surface area contributed by atoms with Gasteiger partial charge in [-0.15, -0.1) is 0 Å². The first-order valence-corrected chi connectivity index (χ1v) is 6.67. The number of nitrogens with one attached hydrogen (secondary N) is 1. The molecule has 0 heterocycles. The van der Waals surface area contributed by atoms with Gasteiger partial charge in [-0.05, 0) is 26.0 Å². The molecule has 0 amide bonds. The van der Waals surface area contributed by atoms with Crippen molar-refractivity contribution in [1.29, 1.82) is 0 Å². The first kappa shape index (κ1) is 16.8. The SMILES string of the molecule is CCOC(=O)C(=CNc1cccc(Cl)c1O)C(=O)OCC. The van der Waals surface area contributed by atoms with Crippen LogP contribution in [0.2, 0.25) is 5.02 Å². The zero-order valence-electron chi connectivity index (χ0n) is 11.7. The average Bonchev–Trinajstić information content (AvgIpc) is 2.44. The number of benzene rings is 1. The van der Waals surface area contributed by atoms with E-state index in [0.717, 1.165) is 6.20 Å². The van der Waals surface area contributed by atoms with Crippen molar-refractivity contribution < 1.29 is 24.2 Å². The molecular weight excluding hydrogens is 298 g/mol. The maximum atomic E-state index is 11.7. The van der Waals surface area contributed by atoms with E-state index in [9.17, 15) is 14.7 Å². The number of esters is 2. The molecule has 0 aliphatic carbocycles. The van der Waals surface area contributed by atoms with Crippen LogP contribution in [0.5, 0.6) is 5.75 Å². The van der Waals surface area contributed by atoms with Crippen LogP contribution in [-0.2, 0) is 19.1 Å². The molecule has 0 radical (unpaired) electrons. The minimum absolute atomic E-state index is 0.123. The number of phenolic OH excluding ortho intramolecular Hbond substituents is 1. The first-order valence-electron chi connectivity index (χ1n) is 6.29. The summed E-state index contributed by atoms with van der Waals surface area (Å²) < 4.78 is 9.55. The fourth-order valence-corrected chi connectivity index (χ4v) is 1.58. The van der Waals surface area contributed by atoms with E-state index in [0.29, 0.717) is 0 Å². The number of anilines is 1. The molecule has 0 aliphatic heterocycles. The summed E-state index contributed by atoms with van der Waals surface area (Å²) in [7, 11) is 0. The summed E-state index contributed by atoms with van der Waals surface area (Å²) in [5, 5.41) is 12.5. The molecule has 0 aromatic heterocycles. The smallest absolute Gasteiger partial charge is 0.347 e. The predicted molar refractivity (Wildman–Crippen MR) is 78.1 cm³/mol. The molecule has 0 saturated heterocycles. The Hall–Kier alpha value is -2.21. The number of phenols is 1. The van der Waals surface area contributed by atoms with Gasteiger partial charge in [0.1, 0.15) is 0 Å². The fraction of sp³-hybridized carbons (Fsp3) is 0.286. The van der Waals surface area contributed by atoms with E-state index in [2.05, 4.69) is 5.32 Å². The van der Waals surface area contributed by atoms with E-state index in [1.807, 2.05) is 0 Å². The minimum atomic E-state index is -0.815. The number of hydrogen-bond acceptors (Lipinski definition) is 6. The van der Waals surface area contributed by atoms with Gasteiger partial charge in [0.05, 0.1) is 23.9 Å². The third kappa shape index (κ3) is 4.68. The Balaban J connectivity index is 2.99. The Labute approximate surface area is 127 Å². The molecule has 0 saturated carbocycles. The molecule has 0 bridgehead atoms. The summed E-state index contributed by atoms with van der Waals surface area (Å²) >= 11 is 5.76. The summed E-state index contributed by atoms with van der Waals surface area (Å²) in [6.45, 7) is 3.49. The lowest BCUT2D eigenvalue weighted by molar-refractivity contribution is -0.146. The van der Waals surface area contributed by atoms with Crippen molar-refractivity contribution in [2.75, 3.05) is 18.5 Å². The first-order chi connectivity index (χ1) is 10.0. The highest BCUT2D eigenvalue weighted by Gasteiger charge is 2.21. The van der Waals surface area contributed by atoms with Gasteiger partial charge >= 0.3 is 11.9 Å². The van der Waals surface area contributed by atoms with Gasteiger partial charge in [-0.2, -0.15) is 0 Å². The van der Waals surface area contributed by atoms with Gasteiger partial charge in [0.2, 0.25) is 0 Å². The molecule has 1 rings (SSSR count). The quantitative estimate of drug-likeness (QED) is 0.276. The van der Waals surface area contributed by atoms with Crippen molar-refractivity contribution in [2.45, 2.75) is 13.8 Å². The zero-order chi connectivity index (χ0) is 15.8. The standard InChI is InChI=1S/C14H16ClNO5/c1-3-20-13(18)9(14(19)21-4-2)8-16-11-7-5-6-10(15)12(11)17/h5-8,16-17H,3-4H2,1-2H3. The van der Waals surface area contributed by atoms with Gasteiger partial charge in [0, 0.05) is 6.20 Å². The summed E-state index contributed by atoms with van der Waals surface area (Å²) in [5.74, 6) is -1.82. The topological polar surface area (TPSA) is 84.9 Å².